The van der Waals surface area contributed by atoms with E-state index in [1.807, 2.05) is 12.3 Å². The fraction of sp³-hybridized carbons (Fsp3) is 0.421. The maximum Gasteiger partial charge on any atom is 0.277 e. The van der Waals surface area contributed by atoms with Gasteiger partial charge in [-0.2, -0.15) is 0 Å². The summed E-state index contributed by atoms with van der Waals surface area (Å²) in [6, 6.07) is 7.17. The highest BCUT2D eigenvalue weighted by molar-refractivity contribution is 5.54. The van der Waals surface area contributed by atoms with Crippen molar-refractivity contribution in [1.29, 1.82) is 0 Å². The molecule has 0 atom stereocenters. The molecule has 0 N–H and O–H groups in total. The Labute approximate surface area is 158 Å². The summed E-state index contributed by atoms with van der Waals surface area (Å²) in [5.41, 5.74) is 1.89. The van der Waals surface area contributed by atoms with Crippen LogP contribution in [0.2, 0.25) is 0 Å². The summed E-state index contributed by atoms with van der Waals surface area (Å²) in [5.74, 6) is 0.877. The van der Waals surface area contributed by atoms with E-state index in [-0.39, 0.29) is 10.6 Å². The molecule has 1 saturated heterocycles. The van der Waals surface area contributed by atoms with Gasteiger partial charge in [0, 0.05) is 57.2 Å². The molecule has 1 fully saturated rings. The predicted molar refractivity (Wildman–Crippen MR) is 101 cm³/mol. The Morgan fingerprint density at radius 3 is 2.26 bits per heavy atom. The molecule has 0 aliphatic carbocycles. The zero-order valence-corrected chi connectivity index (χ0v) is 15.6. The van der Waals surface area contributed by atoms with Gasteiger partial charge < -0.3 is 9.47 Å². The standard InChI is InChI=1S/C19H24N4O4/c1-26-18-10-16(17(23(24)25)11-19(18)27-2)14-22-8-6-21(7-9-22)13-15-4-3-5-20-12-15/h3-5,10-12H,6-9,13-14H2,1-2H3. The maximum absolute atomic E-state index is 11.5. The number of nitrogens with zero attached hydrogens (tertiary/aromatic N) is 4. The van der Waals surface area contributed by atoms with Gasteiger partial charge in [-0.05, 0) is 17.7 Å². The molecule has 8 nitrogen and oxygen atoms in total. The predicted octanol–water partition coefficient (Wildman–Crippen LogP) is 2.32. The highest BCUT2D eigenvalue weighted by atomic mass is 16.6. The van der Waals surface area contributed by atoms with Gasteiger partial charge >= 0.3 is 0 Å². The van der Waals surface area contributed by atoms with Crippen LogP contribution >= 0.6 is 0 Å². The van der Waals surface area contributed by atoms with E-state index >= 15 is 0 Å². The first-order valence-corrected chi connectivity index (χ1v) is 8.83. The molecule has 0 bridgehead atoms. The summed E-state index contributed by atoms with van der Waals surface area (Å²) in [6.45, 7) is 4.92. The summed E-state index contributed by atoms with van der Waals surface area (Å²) < 4.78 is 10.5. The van der Waals surface area contributed by atoms with Gasteiger partial charge in [0.2, 0.25) is 0 Å². The van der Waals surface area contributed by atoms with Crippen LogP contribution in [0.4, 0.5) is 5.69 Å². The van der Waals surface area contributed by atoms with Crippen LogP contribution in [0.5, 0.6) is 11.5 Å². The van der Waals surface area contributed by atoms with Crippen molar-refractivity contribution >= 4 is 5.69 Å². The molecule has 1 aromatic heterocycles. The minimum absolute atomic E-state index is 0.0606. The Bertz CT molecular complexity index is 777. The van der Waals surface area contributed by atoms with Gasteiger partial charge in [-0.1, -0.05) is 6.07 Å². The van der Waals surface area contributed by atoms with Crippen LogP contribution in [0, 0.1) is 10.1 Å². The van der Waals surface area contributed by atoms with Crippen molar-refractivity contribution in [1.82, 2.24) is 14.8 Å². The summed E-state index contributed by atoms with van der Waals surface area (Å²) in [7, 11) is 3.01. The fourth-order valence-corrected chi connectivity index (χ4v) is 3.30. The van der Waals surface area contributed by atoms with Crippen LogP contribution in [0.3, 0.4) is 0 Å². The van der Waals surface area contributed by atoms with Crippen LogP contribution in [-0.2, 0) is 13.1 Å². The van der Waals surface area contributed by atoms with E-state index in [0.29, 0.717) is 23.6 Å². The van der Waals surface area contributed by atoms with Crippen molar-refractivity contribution in [3.8, 4) is 11.5 Å². The van der Waals surface area contributed by atoms with Crippen molar-refractivity contribution in [2.75, 3.05) is 40.4 Å². The van der Waals surface area contributed by atoms with Crippen molar-refractivity contribution in [2.45, 2.75) is 13.1 Å². The lowest BCUT2D eigenvalue weighted by Crippen LogP contribution is -2.45. The number of hydrogen-bond acceptors (Lipinski definition) is 7. The van der Waals surface area contributed by atoms with Gasteiger partial charge in [-0.15, -0.1) is 0 Å². The highest BCUT2D eigenvalue weighted by Gasteiger charge is 2.23. The number of benzene rings is 1. The summed E-state index contributed by atoms with van der Waals surface area (Å²) in [5, 5.41) is 11.5. The Morgan fingerprint density at radius 1 is 1.07 bits per heavy atom. The molecule has 27 heavy (non-hydrogen) atoms. The quantitative estimate of drug-likeness (QED) is 0.545. The van der Waals surface area contributed by atoms with E-state index in [9.17, 15) is 10.1 Å². The normalized spacial score (nSPS) is 15.5. The zero-order valence-electron chi connectivity index (χ0n) is 15.6. The first-order chi connectivity index (χ1) is 13.1. The number of hydrogen-bond donors (Lipinski definition) is 0. The monoisotopic (exact) mass is 372 g/mol. The Hall–Kier alpha value is -2.71. The van der Waals surface area contributed by atoms with Crippen LogP contribution in [0.15, 0.2) is 36.7 Å². The van der Waals surface area contributed by atoms with Gasteiger partial charge in [0.1, 0.15) is 0 Å². The minimum Gasteiger partial charge on any atom is -0.493 e. The lowest BCUT2D eigenvalue weighted by atomic mass is 10.1. The van der Waals surface area contributed by atoms with Gasteiger partial charge in [0.25, 0.3) is 5.69 Å². The molecule has 0 unspecified atom stereocenters. The average Bonchev–Trinajstić information content (AvgIpc) is 2.69. The number of piperazine rings is 1. The Morgan fingerprint density at radius 2 is 1.70 bits per heavy atom. The lowest BCUT2D eigenvalue weighted by Gasteiger charge is -2.34. The molecule has 0 spiro atoms. The number of methoxy groups -OCH3 is 2. The van der Waals surface area contributed by atoms with Crippen LogP contribution in [0.25, 0.3) is 0 Å². The zero-order chi connectivity index (χ0) is 19.2. The van der Waals surface area contributed by atoms with Crippen molar-refractivity contribution in [3.63, 3.8) is 0 Å². The topological polar surface area (TPSA) is 81.0 Å². The fourth-order valence-electron chi connectivity index (χ4n) is 3.30. The van der Waals surface area contributed by atoms with Gasteiger partial charge in [-0.3, -0.25) is 24.9 Å². The first kappa shape index (κ1) is 19.1. The number of pyridine rings is 1. The number of aromatic nitrogens is 1. The second-order valence-electron chi connectivity index (χ2n) is 6.51. The van der Waals surface area contributed by atoms with Gasteiger partial charge in [0.15, 0.2) is 11.5 Å². The number of nitro groups is 1. The third-order valence-electron chi connectivity index (χ3n) is 4.77. The molecule has 0 saturated carbocycles. The molecule has 144 valence electrons. The van der Waals surface area contributed by atoms with E-state index in [4.69, 9.17) is 9.47 Å². The Kier molecular flexibility index (Phi) is 6.20. The SMILES string of the molecule is COc1cc(CN2CCN(Cc3cccnc3)CC2)c([N+](=O)[O-])cc1OC. The summed E-state index contributed by atoms with van der Waals surface area (Å²) >= 11 is 0. The number of ether oxygens (including phenoxy) is 2. The molecule has 8 heteroatoms. The molecule has 3 rings (SSSR count). The highest BCUT2D eigenvalue weighted by Crippen LogP contribution is 2.35. The molecular formula is C19H24N4O4. The van der Waals surface area contributed by atoms with Crippen LogP contribution in [0.1, 0.15) is 11.1 Å². The van der Waals surface area contributed by atoms with E-state index in [0.717, 1.165) is 32.7 Å². The van der Waals surface area contributed by atoms with Crippen molar-refractivity contribution in [3.05, 3.63) is 57.9 Å². The molecule has 2 heterocycles. The second-order valence-corrected chi connectivity index (χ2v) is 6.51. The molecule has 0 radical (unpaired) electrons. The van der Waals surface area contributed by atoms with E-state index in [1.54, 1.807) is 12.3 Å². The van der Waals surface area contributed by atoms with Gasteiger partial charge in [0.05, 0.1) is 25.2 Å². The minimum atomic E-state index is -0.365. The second kappa shape index (κ2) is 8.79. The molecule has 1 aliphatic heterocycles. The van der Waals surface area contributed by atoms with Crippen molar-refractivity contribution in [2.24, 2.45) is 0 Å². The van der Waals surface area contributed by atoms with Crippen LogP contribution in [-0.4, -0.2) is 60.1 Å². The Balaban J connectivity index is 1.65. The van der Waals surface area contributed by atoms with Crippen molar-refractivity contribution < 1.29 is 14.4 Å². The summed E-state index contributed by atoms with van der Waals surface area (Å²) in [4.78, 5) is 19.9. The first-order valence-electron chi connectivity index (χ1n) is 8.83. The summed E-state index contributed by atoms with van der Waals surface area (Å²) in [6.07, 6.45) is 3.66. The number of nitro benzene ring substituents is 1. The third-order valence-corrected chi connectivity index (χ3v) is 4.77. The van der Waals surface area contributed by atoms with Crippen LogP contribution < -0.4 is 9.47 Å². The number of rotatable bonds is 7. The maximum atomic E-state index is 11.5. The molecule has 1 aromatic carbocycles. The molecule has 0 amide bonds. The van der Waals surface area contributed by atoms with E-state index in [1.165, 1.54) is 25.8 Å². The average molecular weight is 372 g/mol. The molecular weight excluding hydrogens is 348 g/mol. The van der Waals surface area contributed by atoms with E-state index < -0.39 is 0 Å². The van der Waals surface area contributed by atoms with Gasteiger partial charge in [-0.25, -0.2) is 0 Å². The smallest absolute Gasteiger partial charge is 0.277 e. The molecule has 2 aromatic rings. The largest absolute Gasteiger partial charge is 0.493 e. The molecule has 1 aliphatic rings. The van der Waals surface area contributed by atoms with E-state index in [2.05, 4.69) is 20.9 Å². The lowest BCUT2D eigenvalue weighted by molar-refractivity contribution is -0.385. The third kappa shape index (κ3) is 4.72.